The molecule has 0 saturated carbocycles. The van der Waals surface area contributed by atoms with Gasteiger partial charge in [-0.3, -0.25) is 4.79 Å². The van der Waals surface area contributed by atoms with Gasteiger partial charge >= 0.3 is 0 Å². The van der Waals surface area contributed by atoms with Crippen molar-refractivity contribution in [2.75, 3.05) is 10.2 Å². The highest BCUT2D eigenvalue weighted by atomic mass is 16.1. The topological polar surface area (TPSA) is 45.2 Å². The number of nitrogens with one attached hydrogen (secondary N) is 1. The summed E-state index contributed by atoms with van der Waals surface area (Å²) < 4.78 is 0. The third kappa shape index (κ3) is 2.94. The first-order valence-corrected chi connectivity index (χ1v) is 8.83. The molecule has 4 rings (SSSR count). The second kappa shape index (κ2) is 6.64. The summed E-state index contributed by atoms with van der Waals surface area (Å²) >= 11 is 0. The first-order valence-electron chi connectivity index (χ1n) is 8.83. The average Bonchev–Trinajstić information content (AvgIpc) is 2.99. The van der Waals surface area contributed by atoms with Gasteiger partial charge < -0.3 is 10.2 Å². The van der Waals surface area contributed by atoms with Crippen LogP contribution in [0.2, 0.25) is 0 Å². The maximum atomic E-state index is 12.5. The van der Waals surface area contributed by atoms with Crippen molar-refractivity contribution in [3.8, 4) is 0 Å². The Morgan fingerprint density at radius 1 is 1.08 bits per heavy atom. The molecule has 1 aliphatic heterocycles. The molecule has 1 amide bonds. The molecule has 0 radical (unpaired) electrons. The quantitative estimate of drug-likeness (QED) is 0.748. The van der Waals surface area contributed by atoms with Crippen LogP contribution in [0.5, 0.6) is 0 Å². The van der Waals surface area contributed by atoms with E-state index in [1.807, 2.05) is 37.3 Å². The summed E-state index contributed by atoms with van der Waals surface area (Å²) in [5.41, 5.74) is 5.83. The fraction of sp³-hybridized carbons (Fsp3) is 0.182. The predicted molar refractivity (Wildman–Crippen MR) is 105 cm³/mol. The molecule has 0 spiro atoms. The van der Waals surface area contributed by atoms with E-state index in [2.05, 4.69) is 46.4 Å². The molecule has 1 atom stereocenters. The van der Waals surface area contributed by atoms with Crippen LogP contribution in [0.3, 0.4) is 0 Å². The molecular formula is C22H21N3O. The normalized spacial score (nSPS) is 15.6. The minimum atomic E-state index is -0.194. The molecule has 2 heterocycles. The molecular weight excluding hydrogens is 322 g/mol. The summed E-state index contributed by atoms with van der Waals surface area (Å²) in [4.78, 5) is 19.2. The molecule has 1 N–H and O–H groups in total. The molecule has 1 unspecified atom stereocenters. The zero-order valence-corrected chi connectivity index (χ0v) is 14.9. The van der Waals surface area contributed by atoms with Crippen molar-refractivity contribution in [1.29, 1.82) is 0 Å². The molecule has 26 heavy (non-hydrogen) atoms. The molecule has 2 aromatic carbocycles. The lowest BCUT2D eigenvalue weighted by molar-refractivity contribution is 0.102. The number of benzene rings is 2. The number of anilines is 3. The standard InChI is InChI=1S/C22H21N3O/c1-15-7-3-5-9-19(15)24-22(26)20-12-11-18(14-23-20)25-16(2)13-17-8-4-6-10-21(17)25/h3-12,14,16H,13H2,1-2H3,(H,24,26). The number of para-hydroxylation sites is 2. The summed E-state index contributed by atoms with van der Waals surface area (Å²) in [6.45, 7) is 4.18. The van der Waals surface area contributed by atoms with E-state index >= 15 is 0 Å². The van der Waals surface area contributed by atoms with Gasteiger partial charge in [-0.15, -0.1) is 0 Å². The summed E-state index contributed by atoms with van der Waals surface area (Å²) in [5, 5.41) is 2.92. The maximum absolute atomic E-state index is 12.5. The van der Waals surface area contributed by atoms with Crippen molar-refractivity contribution < 1.29 is 4.79 Å². The Morgan fingerprint density at radius 3 is 2.62 bits per heavy atom. The van der Waals surface area contributed by atoms with Crippen LogP contribution in [-0.2, 0) is 6.42 Å². The Labute approximate surface area is 153 Å². The van der Waals surface area contributed by atoms with Crippen LogP contribution in [-0.4, -0.2) is 16.9 Å². The third-order valence-corrected chi connectivity index (χ3v) is 4.86. The minimum absolute atomic E-state index is 0.194. The number of pyridine rings is 1. The van der Waals surface area contributed by atoms with Crippen LogP contribution in [0.1, 0.15) is 28.5 Å². The van der Waals surface area contributed by atoms with Gasteiger partial charge in [0.25, 0.3) is 5.91 Å². The summed E-state index contributed by atoms with van der Waals surface area (Å²) in [7, 11) is 0. The van der Waals surface area contributed by atoms with Gasteiger partial charge in [0.2, 0.25) is 0 Å². The number of aryl methyl sites for hydroxylation is 1. The zero-order chi connectivity index (χ0) is 18.1. The smallest absolute Gasteiger partial charge is 0.274 e. The van der Waals surface area contributed by atoms with E-state index in [0.29, 0.717) is 11.7 Å². The molecule has 4 heteroatoms. The molecule has 130 valence electrons. The number of carbonyl (C=O) groups is 1. The van der Waals surface area contributed by atoms with Crippen molar-refractivity contribution in [3.05, 3.63) is 83.7 Å². The van der Waals surface area contributed by atoms with Crippen LogP contribution in [0, 0.1) is 6.92 Å². The van der Waals surface area contributed by atoms with E-state index < -0.39 is 0 Å². The minimum Gasteiger partial charge on any atom is -0.337 e. The van der Waals surface area contributed by atoms with Crippen LogP contribution in [0.4, 0.5) is 17.1 Å². The van der Waals surface area contributed by atoms with Crippen LogP contribution in [0.15, 0.2) is 66.9 Å². The highest BCUT2D eigenvalue weighted by molar-refractivity contribution is 6.03. The number of hydrogen-bond acceptors (Lipinski definition) is 3. The van der Waals surface area contributed by atoms with Crippen LogP contribution in [0.25, 0.3) is 0 Å². The van der Waals surface area contributed by atoms with Gasteiger partial charge in [-0.2, -0.15) is 0 Å². The number of aromatic nitrogens is 1. The fourth-order valence-electron chi connectivity index (χ4n) is 3.52. The van der Waals surface area contributed by atoms with E-state index in [1.54, 1.807) is 12.3 Å². The Hall–Kier alpha value is -3.14. The first-order chi connectivity index (χ1) is 12.6. The molecule has 1 aromatic heterocycles. The number of hydrogen-bond donors (Lipinski definition) is 1. The molecule has 0 saturated heterocycles. The summed E-state index contributed by atoms with van der Waals surface area (Å²) in [6, 6.07) is 20.3. The van der Waals surface area contributed by atoms with E-state index in [4.69, 9.17) is 0 Å². The number of amides is 1. The Balaban J connectivity index is 1.56. The Kier molecular flexibility index (Phi) is 4.17. The van der Waals surface area contributed by atoms with E-state index in [0.717, 1.165) is 23.4 Å². The van der Waals surface area contributed by atoms with Crippen molar-refractivity contribution in [3.63, 3.8) is 0 Å². The van der Waals surface area contributed by atoms with Gasteiger partial charge in [-0.1, -0.05) is 36.4 Å². The van der Waals surface area contributed by atoms with Gasteiger partial charge in [0.1, 0.15) is 5.69 Å². The lowest BCUT2D eigenvalue weighted by Crippen LogP contribution is -2.24. The second-order valence-electron chi connectivity index (χ2n) is 6.72. The lowest BCUT2D eigenvalue weighted by atomic mass is 10.1. The highest BCUT2D eigenvalue weighted by Gasteiger charge is 2.27. The monoisotopic (exact) mass is 343 g/mol. The maximum Gasteiger partial charge on any atom is 0.274 e. The second-order valence-corrected chi connectivity index (χ2v) is 6.72. The largest absolute Gasteiger partial charge is 0.337 e. The molecule has 3 aromatic rings. The number of rotatable bonds is 3. The van der Waals surface area contributed by atoms with E-state index in [9.17, 15) is 4.79 Å². The molecule has 0 aliphatic carbocycles. The van der Waals surface area contributed by atoms with Crippen molar-refractivity contribution in [2.24, 2.45) is 0 Å². The molecule has 0 bridgehead atoms. The fourth-order valence-corrected chi connectivity index (χ4v) is 3.52. The SMILES string of the molecule is Cc1ccccc1NC(=O)c1ccc(N2c3ccccc3CC2C)cn1. The number of nitrogens with zero attached hydrogens (tertiary/aromatic N) is 2. The third-order valence-electron chi connectivity index (χ3n) is 4.86. The van der Waals surface area contributed by atoms with Crippen LogP contribution >= 0.6 is 0 Å². The Morgan fingerprint density at radius 2 is 1.85 bits per heavy atom. The Bertz CT molecular complexity index is 950. The van der Waals surface area contributed by atoms with Gasteiger partial charge in [0.05, 0.1) is 11.9 Å². The predicted octanol–water partition coefficient (Wildman–Crippen LogP) is 4.73. The van der Waals surface area contributed by atoms with Gasteiger partial charge in [-0.05, 0) is 55.7 Å². The van der Waals surface area contributed by atoms with E-state index in [-0.39, 0.29) is 5.91 Å². The van der Waals surface area contributed by atoms with Crippen molar-refractivity contribution in [2.45, 2.75) is 26.3 Å². The van der Waals surface area contributed by atoms with Gasteiger partial charge in [0, 0.05) is 17.4 Å². The molecule has 4 nitrogen and oxygen atoms in total. The van der Waals surface area contributed by atoms with Crippen molar-refractivity contribution in [1.82, 2.24) is 4.98 Å². The number of carbonyl (C=O) groups excluding carboxylic acids is 1. The highest BCUT2D eigenvalue weighted by Crippen LogP contribution is 2.37. The summed E-state index contributed by atoms with van der Waals surface area (Å²) in [5.74, 6) is -0.194. The molecule has 1 aliphatic rings. The van der Waals surface area contributed by atoms with Crippen LogP contribution < -0.4 is 10.2 Å². The van der Waals surface area contributed by atoms with Crippen molar-refractivity contribution >= 4 is 23.0 Å². The molecule has 0 fully saturated rings. The van der Waals surface area contributed by atoms with Gasteiger partial charge in [0.15, 0.2) is 0 Å². The zero-order valence-electron chi connectivity index (χ0n) is 14.9. The summed E-state index contributed by atoms with van der Waals surface area (Å²) in [6.07, 6.45) is 2.80. The van der Waals surface area contributed by atoms with Gasteiger partial charge in [-0.25, -0.2) is 4.98 Å². The average molecular weight is 343 g/mol. The number of fused-ring (bicyclic) bond motifs is 1. The first kappa shape index (κ1) is 16.3. The lowest BCUT2D eigenvalue weighted by Gasteiger charge is -2.24. The van der Waals surface area contributed by atoms with E-state index in [1.165, 1.54) is 11.3 Å².